The van der Waals surface area contributed by atoms with Crippen LogP contribution in [0.4, 0.5) is 4.39 Å². The zero-order chi connectivity index (χ0) is 16.9. The van der Waals surface area contributed by atoms with Crippen LogP contribution in [0.25, 0.3) is 0 Å². The van der Waals surface area contributed by atoms with Crippen molar-refractivity contribution in [1.29, 1.82) is 0 Å². The normalized spacial score (nSPS) is 17.7. The summed E-state index contributed by atoms with van der Waals surface area (Å²) in [4.78, 5) is 16.1. The number of aryl methyl sites for hydroxylation is 1. The lowest BCUT2D eigenvalue weighted by molar-refractivity contribution is -0.156. The third-order valence-corrected chi connectivity index (χ3v) is 3.89. The molecule has 2 heterocycles. The molecule has 126 valence electrons. The van der Waals surface area contributed by atoms with E-state index >= 15 is 0 Å². The fourth-order valence-corrected chi connectivity index (χ4v) is 2.41. The van der Waals surface area contributed by atoms with Gasteiger partial charge in [0.2, 0.25) is 6.10 Å². The van der Waals surface area contributed by atoms with Crippen LogP contribution in [0.5, 0.6) is 5.75 Å². The molecular formula is C18H19FN2O3. The van der Waals surface area contributed by atoms with Crippen molar-refractivity contribution in [3.05, 3.63) is 59.7 Å². The fourth-order valence-electron chi connectivity index (χ4n) is 2.41. The monoisotopic (exact) mass is 330 g/mol. The van der Waals surface area contributed by atoms with Crippen LogP contribution in [0.15, 0.2) is 42.5 Å². The molecule has 5 nitrogen and oxygen atoms in total. The van der Waals surface area contributed by atoms with E-state index in [1.54, 1.807) is 13.0 Å². The van der Waals surface area contributed by atoms with Crippen LogP contribution < -0.4 is 10.1 Å². The Morgan fingerprint density at radius 2 is 2.08 bits per heavy atom. The van der Waals surface area contributed by atoms with E-state index < -0.39 is 18.0 Å². The van der Waals surface area contributed by atoms with Gasteiger partial charge in [-0.2, -0.15) is 4.39 Å². The van der Waals surface area contributed by atoms with Gasteiger partial charge in [-0.3, -0.25) is 0 Å². The smallest absolute Gasteiger partial charge is 0.349 e. The van der Waals surface area contributed by atoms with E-state index in [1.165, 1.54) is 6.07 Å². The minimum Gasteiger partial charge on any atom is -0.472 e. The highest BCUT2D eigenvalue weighted by Gasteiger charge is 2.36. The van der Waals surface area contributed by atoms with Crippen LogP contribution in [0.2, 0.25) is 0 Å². The SMILES string of the molecule is Cc1ccc(OC(C(=O)OCc2ccccc2)[C@@H]2CCN2)c(F)n1. The maximum Gasteiger partial charge on any atom is 0.349 e. The van der Waals surface area contributed by atoms with Crippen LogP contribution in [0.1, 0.15) is 17.7 Å². The number of rotatable bonds is 6. The second-order valence-electron chi connectivity index (χ2n) is 5.72. The molecule has 0 bridgehead atoms. The summed E-state index contributed by atoms with van der Waals surface area (Å²) < 4.78 is 24.8. The van der Waals surface area contributed by atoms with Gasteiger partial charge in [0.25, 0.3) is 5.95 Å². The van der Waals surface area contributed by atoms with Crippen LogP contribution in [0.3, 0.4) is 0 Å². The predicted molar refractivity (Wildman–Crippen MR) is 86.0 cm³/mol. The molecule has 1 aliphatic rings. The molecule has 0 amide bonds. The fraction of sp³-hybridized carbons (Fsp3) is 0.333. The van der Waals surface area contributed by atoms with Gasteiger partial charge in [0, 0.05) is 5.69 Å². The van der Waals surface area contributed by atoms with E-state index in [0.29, 0.717) is 5.69 Å². The maximum absolute atomic E-state index is 13.9. The summed E-state index contributed by atoms with van der Waals surface area (Å²) in [5, 5.41) is 3.11. The quantitative estimate of drug-likeness (QED) is 0.651. The Morgan fingerprint density at radius 1 is 1.33 bits per heavy atom. The highest BCUT2D eigenvalue weighted by atomic mass is 19.1. The maximum atomic E-state index is 13.9. The number of halogens is 1. The molecular weight excluding hydrogens is 311 g/mol. The molecule has 2 atom stereocenters. The number of hydrogen-bond donors (Lipinski definition) is 1. The molecule has 6 heteroatoms. The first-order valence-corrected chi connectivity index (χ1v) is 7.87. The van der Waals surface area contributed by atoms with Gasteiger partial charge in [-0.1, -0.05) is 30.3 Å². The number of carbonyl (C=O) groups is 1. The molecule has 2 aromatic rings. The van der Waals surface area contributed by atoms with Crippen molar-refractivity contribution in [2.75, 3.05) is 6.54 Å². The molecule has 24 heavy (non-hydrogen) atoms. The summed E-state index contributed by atoms with van der Waals surface area (Å²) in [6.07, 6.45) is -0.132. The van der Waals surface area contributed by atoms with Crippen molar-refractivity contribution in [3.63, 3.8) is 0 Å². The summed E-state index contributed by atoms with van der Waals surface area (Å²) in [6, 6.07) is 12.3. The van der Waals surface area contributed by atoms with Crippen molar-refractivity contribution in [2.24, 2.45) is 0 Å². The Hall–Kier alpha value is -2.47. The summed E-state index contributed by atoms with van der Waals surface area (Å²) >= 11 is 0. The highest BCUT2D eigenvalue weighted by molar-refractivity contribution is 5.76. The number of esters is 1. The van der Waals surface area contributed by atoms with Crippen LogP contribution in [-0.4, -0.2) is 29.6 Å². The molecule has 0 radical (unpaired) electrons. The Bertz CT molecular complexity index is 705. The Morgan fingerprint density at radius 3 is 2.71 bits per heavy atom. The summed E-state index contributed by atoms with van der Waals surface area (Å²) in [7, 11) is 0. The lowest BCUT2D eigenvalue weighted by Gasteiger charge is -2.33. The second-order valence-corrected chi connectivity index (χ2v) is 5.72. The topological polar surface area (TPSA) is 60.5 Å². The molecule has 0 aliphatic carbocycles. The minimum atomic E-state index is -0.901. The van der Waals surface area contributed by atoms with Gasteiger partial charge in [-0.05, 0) is 37.6 Å². The summed E-state index contributed by atoms with van der Waals surface area (Å²) in [5.41, 5.74) is 1.43. The van der Waals surface area contributed by atoms with E-state index in [4.69, 9.17) is 9.47 Å². The molecule has 1 aliphatic heterocycles. The predicted octanol–water partition coefficient (Wildman–Crippen LogP) is 2.38. The van der Waals surface area contributed by atoms with Gasteiger partial charge in [0.1, 0.15) is 6.61 Å². The van der Waals surface area contributed by atoms with Gasteiger partial charge in [0.15, 0.2) is 5.75 Å². The Balaban J connectivity index is 1.68. The molecule has 1 N–H and O–H groups in total. The summed E-state index contributed by atoms with van der Waals surface area (Å²) in [5.74, 6) is -1.29. The van der Waals surface area contributed by atoms with E-state index in [-0.39, 0.29) is 18.4 Å². The Labute approximate surface area is 139 Å². The third kappa shape index (κ3) is 3.89. The molecule has 1 saturated heterocycles. The molecule has 0 spiro atoms. The average Bonchev–Trinajstić information content (AvgIpc) is 2.53. The van der Waals surface area contributed by atoms with Crippen LogP contribution >= 0.6 is 0 Å². The van der Waals surface area contributed by atoms with Crippen molar-refractivity contribution in [1.82, 2.24) is 10.3 Å². The summed E-state index contributed by atoms with van der Waals surface area (Å²) in [6.45, 7) is 2.64. The number of benzene rings is 1. The third-order valence-electron chi connectivity index (χ3n) is 3.89. The number of pyridine rings is 1. The van der Waals surface area contributed by atoms with E-state index in [9.17, 15) is 9.18 Å². The molecule has 1 unspecified atom stereocenters. The number of nitrogens with one attached hydrogen (secondary N) is 1. The largest absolute Gasteiger partial charge is 0.472 e. The molecule has 1 aromatic carbocycles. The molecule has 1 aromatic heterocycles. The first-order chi connectivity index (χ1) is 11.6. The molecule has 3 rings (SSSR count). The van der Waals surface area contributed by atoms with Crippen molar-refractivity contribution < 1.29 is 18.7 Å². The highest BCUT2D eigenvalue weighted by Crippen LogP contribution is 2.21. The van der Waals surface area contributed by atoms with Crippen LogP contribution in [-0.2, 0) is 16.1 Å². The van der Waals surface area contributed by atoms with Gasteiger partial charge in [-0.25, -0.2) is 9.78 Å². The lowest BCUT2D eigenvalue weighted by atomic mass is 10.0. The minimum absolute atomic E-state index is 0.0454. The first-order valence-electron chi connectivity index (χ1n) is 7.87. The van der Waals surface area contributed by atoms with Gasteiger partial charge >= 0.3 is 5.97 Å². The number of nitrogens with zero attached hydrogens (tertiary/aromatic N) is 1. The Kier molecular flexibility index (Phi) is 5.05. The zero-order valence-corrected chi connectivity index (χ0v) is 13.4. The lowest BCUT2D eigenvalue weighted by Crippen LogP contribution is -2.56. The van der Waals surface area contributed by atoms with Gasteiger partial charge in [0.05, 0.1) is 6.04 Å². The molecule has 0 saturated carbocycles. The van der Waals surface area contributed by atoms with Gasteiger partial charge < -0.3 is 14.8 Å². The standard InChI is InChI=1S/C18H19FN2O3/c1-12-7-8-15(17(19)21-12)24-16(14-9-10-20-14)18(22)23-11-13-5-3-2-4-6-13/h2-8,14,16,20H,9-11H2,1H3/t14-,16?/m0/s1. The van der Waals surface area contributed by atoms with Crippen molar-refractivity contribution in [2.45, 2.75) is 32.1 Å². The number of ether oxygens (including phenoxy) is 2. The second kappa shape index (κ2) is 7.40. The molecule has 1 fully saturated rings. The number of hydrogen-bond acceptors (Lipinski definition) is 5. The van der Waals surface area contributed by atoms with Gasteiger partial charge in [-0.15, -0.1) is 0 Å². The van der Waals surface area contributed by atoms with Crippen LogP contribution in [0, 0.1) is 12.9 Å². The average molecular weight is 330 g/mol. The van der Waals surface area contributed by atoms with Crippen molar-refractivity contribution in [3.8, 4) is 5.75 Å². The van der Waals surface area contributed by atoms with E-state index in [2.05, 4.69) is 10.3 Å². The first kappa shape index (κ1) is 16.4. The van der Waals surface area contributed by atoms with E-state index in [1.807, 2.05) is 30.3 Å². The number of carbonyl (C=O) groups excluding carboxylic acids is 1. The number of aromatic nitrogens is 1. The zero-order valence-electron chi connectivity index (χ0n) is 13.4. The van der Waals surface area contributed by atoms with Crippen molar-refractivity contribution >= 4 is 5.97 Å². The van der Waals surface area contributed by atoms with E-state index in [0.717, 1.165) is 18.5 Å².